The molecule has 10 heteroatoms. The van der Waals surface area contributed by atoms with Gasteiger partial charge in [-0.25, -0.2) is 18.1 Å². The van der Waals surface area contributed by atoms with Crippen LogP contribution in [0.4, 0.5) is 5.69 Å². The summed E-state index contributed by atoms with van der Waals surface area (Å²) >= 11 is 0. The second-order valence-electron chi connectivity index (χ2n) is 8.76. The van der Waals surface area contributed by atoms with Crippen molar-refractivity contribution in [2.45, 2.75) is 50.7 Å². The Bertz CT molecular complexity index is 1250. The second-order valence-corrected chi connectivity index (χ2v) is 10.7. The molecule has 9 nitrogen and oxygen atoms in total. The zero-order chi connectivity index (χ0) is 24.5. The lowest BCUT2D eigenvalue weighted by molar-refractivity contribution is -0.0440. The Morgan fingerprint density at radius 1 is 1.09 bits per heavy atom. The van der Waals surface area contributed by atoms with Crippen molar-refractivity contribution in [3.63, 3.8) is 0 Å². The molecule has 1 aliphatic rings. The molecule has 0 saturated carbocycles. The van der Waals surface area contributed by atoms with Crippen molar-refractivity contribution in [1.29, 1.82) is 0 Å². The molecule has 1 aromatic carbocycles. The summed E-state index contributed by atoms with van der Waals surface area (Å²) in [6, 6.07) is 11.7. The molecule has 2 atom stereocenters. The number of nitrogens with one attached hydrogen (secondary N) is 1. The van der Waals surface area contributed by atoms with Crippen molar-refractivity contribution < 1.29 is 17.9 Å². The highest BCUT2D eigenvalue weighted by molar-refractivity contribution is 7.89. The number of morpholine rings is 1. The molecule has 0 aliphatic carbocycles. The van der Waals surface area contributed by atoms with Gasteiger partial charge in [0.2, 0.25) is 10.0 Å². The van der Waals surface area contributed by atoms with Crippen LogP contribution in [0.5, 0.6) is 0 Å². The van der Waals surface area contributed by atoms with Gasteiger partial charge >= 0.3 is 0 Å². The summed E-state index contributed by atoms with van der Waals surface area (Å²) in [5, 5.41) is 7.23. The summed E-state index contributed by atoms with van der Waals surface area (Å²) in [5.41, 5.74) is 1.67. The number of nitrogens with zero attached hydrogens (tertiary/aromatic N) is 4. The molecule has 1 N–H and O–H groups in total. The van der Waals surface area contributed by atoms with E-state index in [1.807, 2.05) is 45.9 Å². The third kappa shape index (κ3) is 4.89. The number of ether oxygens (including phenoxy) is 1. The molecule has 3 heterocycles. The SMILES string of the molecule is CC1CN(S(=O)(=O)c2ccc(NC(=O)c3cnn(-c4ccccn4)c3C(C)C)cc2)CC(C)O1. The van der Waals surface area contributed by atoms with E-state index in [2.05, 4.69) is 15.4 Å². The van der Waals surface area contributed by atoms with E-state index in [4.69, 9.17) is 4.74 Å². The van der Waals surface area contributed by atoms with Gasteiger partial charge in [0.15, 0.2) is 5.82 Å². The van der Waals surface area contributed by atoms with E-state index in [1.165, 1.54) is 22.6 Å². The monoisotopic (exact) mass is 483 g/mol. The number of carbonyl (C=O) groups excluding carboxylic acids is 1. The highest BCUT2D eigenvalue weighted by Gasteiger charge is 2.32. The molecular weight excluding hydrogens is 454 g/mol. The number of hydrogen-bond acceptors (Lipinski definition) is 6. The van der Waals surface area contributed by atoms with Gasteiger partial charge in [0.1, 0.15) is 0 Å². The second kappa shape index (κ2) is 9.65. The van der Waals surface area contributed by atoms with Crippen LogP contribution in [0, 0.1) is 0 Å². The average molecular weight is 484 g/mol. The fourth-order valence-electron chi connectivity index (χ4n) is 4.13. The van der Waals surface area contributed by atoms with E-state index in [9.17, 15) is 13.2 Å². The predicted octanol–water partition coefficient (Wildman–Crippen LogP) is 3.44. The zero-order valence-electron chi connectivity index (χ0n) is 19.7. The Balaban J connectivity index is 1.53. The number of amides is 1. The molecule has 1 saturated heterocycles. The van der Waals surface area contributed by atoms with Crippen LogP contribution in [0.3, 0.4) is 0 Å². The summed E-state index contributed by atoms with van der Waals surface area (Å²) < 4.78 is 34.9. The number of carbonyl (C=O) groups is 1. The van der Waals surface area contributed by atoms with Gasteiger partial charge in [0, 0.05) is 25.0 Å². The standard InChI is InChI=1S/C24H29N5O4S/c1-16(2)23-21(13-26-29(23)22-7-5-6-12-25-22)24(30)27-19-8-10-20(11-9-19)34(31,32)28-14-17(3)33-18(4)15-28/h5-13,16-18H,14-15H2,1-4H3,(H,27,30). The minimum Gasteiger partial charge on any atom is -0.373 e. The van der Waals surface area contributed by atoms with Gasteiger partial charge in [-0.05, 0) is 56.2 Å². The molecule has 180 valence electrons. The minimum absolute atomic E-state index is 0.0241. The molecule has 0 radical (unpaired) electrons. The normalized spacial score (nSPS) is 19.3. The largest absolute Gasteiger partial charge is 0.373 e. The summed E-state index contributed by atoms with van der Waals surface area (Å²) in [7, 11) is -3.65. The first kappa shape index (κ1) is 24.1. The number of hydrogen-bond donors (Lipinski definition) is 1. The molecule has 3 aromatic rings. The lowest BCUT2D eigenvalue weighted by atomic mass is 10.1. The van der Waals surface area contributed by atoms with Gasteiger partial charge in [-0.2, -0.15) is 9.40 Å². The van der Waals surface area contributed by atoms with Crippen molar-refractivity contribution in [1.82, 2.24) is 19.1 Å². The maximum atomic E-state index is 13.1. The summed E-state index contributed by atoms with van der Waals surface area (Å²) in [5.74, 6) is 0.333. The van der Waals surface area contributed by atoms with E-state index in [1.54, 1.807) is 23.0 Å². The first-order valence-corrected chi connectivity index (χ1v) is 12.7. The van der Waals surface area contributed by atoms with Crippen LogP contribution >= 0.6 is 0 Å². The quantitative estimate of drug-likeness (QED) is 0.576. The van der Waals surface area contributed by atoms with Gasteiger partial charge < -0.3 is 10.1 Å². The van der Waals surface area contributed by atoms with E-state index in [0.717, 1.165) is 5.69 Å². The number of rotatable bonds is 6. The molecular formula is C24H29N5O4S. The van der Waals surface area contributed by atoms with E-state index < -0.39 is 10.0 Å². The molecule has 2 aromatic heterocycles. The lowest BCUT2D eigenvalue weighted by Gasteiger charge is -2.34. The van der Waals surface area contributed by atoms with Crippen LogP contribution < -0.4 is 5.32 Å². The van der Waals surface area contributed by atoms with Crippen LogP contribution in [0.1, 0.15) is 49.7 Å². The van der Waals surface area contributed by atoms with Crippen LogP contribution in [0.2, 0.25) is 0 Å². The summed E-state index contributed by atoms with van der Waals surface area (Å²) in [6.07, 6.45) is 2.87. The van der Waals surface area contributed by atoms with Crippen molar-refractivity contribution in [2.24, 2.45) is 0 Å². The molecule has 1 aliphatic heterocycles. The first-order valence-electron chi connectivity index (χ1n) is 11.2. The fraction of sp³-hybridized carbons (Fsp3) is 0.375. The molecule has 1 amide bonds. The molecule has 1 fully saturated rings. The zero-order valence-corrected chi connectivity index (χ0v) is 20.5. The van der Waals surface area contributed by atoms with Crippen LogP contribution in [0.25, 0.3) is 5.82 Å². The van der Waals surface area contributed by atoms with Gasteiger partial charge in [-0.3, -0.25) is 4.79 Å². The Labute approximate surface area is 199 Å². The van der Waals surface area contributed by atoms with Crippen LogP contribution in [0.15, 0.2) is 59.8 Å². The van der Waals surface area contributed by atoms with Crippen molar-refractivity contribution in [3.8, 4) is 5.82 Å². The summed E-state index contributed by atoms with van der Waals surface area (Å²) in [4.78, 5) is 17.6. The number of anilines is 1. The smallest absolute Gasteiger partial charge is 0.259 e. The Morgan fingerprint density at radius 3 is 2.35 bits per heavy atom. The minimum atomic E-state index is -3.65. The Kier molecular flexibility index (Phi) is 6.83. The third-order valence-electron chi connectivity index (χ3n) is 5.60. The summed E-state index contributed by atoms with van der Waals surface area (Å²) in [6.45, 7) is 8.31. The van der Waals surface area contributed by atoms with Crippen LogP contribution in [-0.2, 0) is 14.8 Å². The van der Waals surface area contributed by atoms with Gasteiger partial charge in [0.05, 0.1) is 34.6 Å². The number of benzene rings is 1. The van der Waals surface area contributed by atoms with Gasteiger partial charge in [0.25, 0.3) is 5.91 Å². The number of aromatic nitrogens is 3. The maximum absolute atomic E-state index is 13.1. The van der Waals surface area contributed by atoms with Crippen molar-refractivity contribution >= 4 is 21.6 Å². The van der Waals surface area contributed by atoms with Crippen LogP contribution in [-0.4, -0.2) is 58.7 Å². The topological polar surface area (TPSA) is 106 Å². The molecule has 0 spiro atoms. The van der Waals surface area contributed by atoms with Crippen molar-refractivity contribution in [3.05, 3.63) is 66.1 Å². The number of sulfonamides is 1. The highest BCUT2D eigenvalue weighted by Crippen LogP contribution is 2.25. The average Bonchev–Trinajstić information content (AvgIpc) is 3.25. The van der Waals surface area contributed by atoms with Gasteiger partial charge in [-0.1, -0.05) is 19.9 Å². The van der Waals surface area contributed by atoms with Gasteiger partial charge in [-0.15, -0.1) is 0 Å². The van der Waals surface area contributed by atoms with E-state index in [0.29, 0.717) is 30.2 Å². The third-order valence-corrected chi connectivity index (χ3v) is 7.45. The maximum Gasteiger partial charge on any atom is 0.259 e. The molecule has 34 heavy (non-hydrogen) atoms. The van der Waals surface area contributed by atoms with E-state index >= 15 is 0 Å². The lowest BCUT2D eigenvalue weighted by Crippen LogP contribution is -2.48. The molecule has 2 unspecified atom stereocenters. The predicted molar refractivity (Wildman–Crippen MR) is 129 cm³/mol. The Hall–Kier alpha value is -3.08. The van der Waals surface area contributed by atoms with E-state index in [-0.39, 0.29) is 28.9 Å². The fourth-order valence-corrected chi connectivity index (χ4v) is 5.73. The van der Waals surface area contributed by atoms with Crippen molar-refractivity contribution in [2.75, 3.05) is 18.4 Å². The highest BCUT2D eigenvalue weighted by atomic mass is 32.2. The Morgan fingerprint density at radius 2 is 1.76 bits per heavy atom. The molecule has 0 bridgehead atoms. The first-order chi connectivity index (χ1) is 16.2. The molecule has 4 rings (SSSR count). The number of pyridine rings is 1.